The van der Waals surface area contributed by atoms with Crippen molar-refractivity contribution in [3.05, 3.63) is 59.7 Å². The molecule has 6 heteroatoms. The van der Waals surface area contributed by atoms with E-state index >= 15 is 0 Å². The Labute approximate surface area is 158 Å². The molecule has 0 atom stereocenters. The van der Waals surface area contributed by atoms with Crippen molar-refractivity contribution < 1.29 is 9.53 Å². The molecule has 25 heavy (non-hydrogen) atoms. The largest absolute Gasteiger partial charge is 0.494 e. The molecule has 0 aromatic heterocycles. The Hall–Kier alpha value is -2.05. The maximum absolute atomic E-state index is 12.2. The van der Waals surface area contributed by atoms with Crippen LogP contribution in [0.2, 0.25) is 0 Å². The van der Waals surface area contributed by atoms with E-state index in [0.717, 1.165) is 17.7 Å². The minimum atomic E-state index is -0.239. The molecule has 2 aromatic carbocycles. The van der Waals surface area contributed by atoms with Crippen molar-refractivity contribution in [3.8, 4) is 5.75 Å². The summed E-state index contributed by atoms with van der Waals surface area (Å²) in [6, 6.07) is 15.2. The summed E-state index contributed by atoms with van der Waals surface area (Å²) in [5, 5.41) is 6.04. The molecule has 2 aromatic rings. The SMILES string of the molecule is CCCOc1ccc(C(=O)NC(=S)NCc2ccc(SC)cc2)cc1. The minimum absolute atomic E-state index is 0.239. The molecule has 0 aliphatic carbocycles. The molecule has 0 spiro atoms. The second-order valence-electron chi connectivity index (χ2n) is 5.36. The maximum atomic E-state index is 12.2. The molecule has 0 radical (unpaired) electrons. The number of amides is 1. The number of thiocarbonyl (C=S) groups is 1. The Morgan fingerprint density at radius 3 is 2.40 bits per heavy atom. The topological polar surface area (TPSA) is 50.4 Å². The van der Waals surface area contributed by atoms with Gasteiger partial charge in [-0.25, -0.2) is 0 Å². The molecular weight excluding hydrogens is 352 g/mol. The Kier molecular flexibility index (Phi) is 7.76. The maximum Gasteiger partial charge on any atom is 0.257 e. The smallest absolute Gasteiger partial charge is 0.257 e. The van der Waals surface area contributed by atoms with Gasteiger partial charge in [-0.2, -0.15) is 0 Å². The first-order valence-corrected chi connectivity index (χ1v) is 9.70. The molecule has 1 amide bonds. The van der Waals surface area contributed by atoms with Gasteiger partial charge in [-0.15, -0.1) is 11.8 Å². The Balaban J connectivity index is 1.81. The van der Waals surface area contributed by atoms with Crippen LogP contribution in [0.4, 0.5) is 0 Å². The average molecular weight is 375 g/mol. The zero-order valence-electron chi connectivity index (χ0n) is 14.4. The zero-order chi connectivity index (χ0) is 18.1. The highest BCUT2D eigenvalue weighted by Crippen LogP contribution is 2.15. The molecule has 0 heterocycles. The van der Waals surface area contributed by atoms with Gasteiger partial charge in [-0.05, 0) is 66.9 Å². The van der Waals surface area contributed by atoms with Crippen molar-refractivity contribution in [2.75, 3.05) is 12.9 Å². The lowest BCUT2D eigenvalue weighted by atomic mass is 10.2. The molecule has 0 bridgehead atoms. The van der Waals surface area contributed by atoms with E-state index in [2.05, 4.69) is 22.8 Å². The van der Waals surface area contributed by atoms with E-state index in [9.17, 15) is 4.79 Å². The molecular formula is C19H22N2O2S2. The van der Waals surface area contributed by atoms with Crippen LogP contribution in [0.15, 0.2) is 53.4 Å². The van der Waals surface area contributed by atoms with E-state index in [1.807, 2.05) is 25.3 Å². The van der Waals surface area contributed by atoms with Crippen molar-refractivity contribution >= 4 is 35.0 Å². The second kappa shape index (κ2) is 10.1. The van der Waals surface area contributed by atoms with Crippen LogP contribution >= 0.6 is 24.0 Å². The van der Waals surface area contributed by atoms with Crippen molar-refractivity contribution in [1.29, 1.82) is 0 Å². The number of benzene rings is 2. The van der Waals surface area contributed by atoms with E-state index in [1.54, 1.807) is 36.0 Å². The van der Waals surface area contributed by atoms with Gasteiger partial charge in [0.05, 0.1) is 6.61 Å². The fraction of sp³-hybridized carbons (Fsp3) is 0.263. The summed E-state index contributed by atoms with van der Waals surface area (Å²) in [7, 11) is 0. The lowest BCUT2D eigenvalue weighted by Gasteiger charge is -2.10. The van der Waals surface area contributed by atoms with Crippen molar-refractivity contribution in [2.45, 2.75) is 24.8 Å². The van der Waals surface area contributed by atoms with E-state index in [4.69, 9.17) is 17.0 Å². The van der Waals surface area contributed by atoms with Gasteiger partial charge in [0.1, 0.15) is 5.75 Å². The zero-order valence-corrected chi connectivity index (χ0v) is 16.0. The summed E-state index contributed by atoms with van der Waals surface area (Å²) in [5.41, 5.74) is 1.64. The van der Waals surface area contributed by atoms with Crippen LogP contribution in [0, 0.1) is 0 Å². The van der Waals surface area contributed by atoms with Gasteiger partial charge in [0.25, 0.3) is 5.91 Å². The van der Waals surface area contributed by atoms with Gasteiger partial charge >= 0.3 is 0 Å². The number of ether oxygens (including phenoxy) is 1. The minimum Gasteiger partial charge on any atom is -0.494 e. The lowest BCUT2D eigenvalue weighted by Crippen LogP contribution is -2.38. The van der Waals surface area contributed by atoms with E-state index in [1.165, 1.54) is 4.90 Å². The van der Waals surface area contributed by atoms with Crippen LogP contribution in [0.3, 0.4) is 0 Å². The summed E-state index contributed by atoms with van der Waals surface area (Å²) in [5.74, 6) is 0.519. The summed E-state index contributed by atoms with van der Waals surface area (Å²) in [6.45, 7) is 3.28. The number of nitrogens with one attached hydrogen (secondary N) is 2. The van der Waals surface area contributed by atoms with Gasteiger partial charge in [-0.3, -0.25) is 10.1 Å². The number of carbonyl (C=O) groups is 1. The Morgan fingerprint density at radius 1 is 1.12 bits per heavy atom. The van der Waals surface area contributed by atoms with Crippen LogP contribution < -0.4 is 15.4 Å². The third kappa shape index (κ3) is 6.40. The quantitative estimate of drug-likeness (QED) is 0.567. The highest BCUT2D eigenvalue weighted by atomic mass is 32.2. The average Bonchev–Trinajstić information content (AvgIpc) is 2.65. The molecule has 0 unspecified atom stereocenters. The third-order valence-electron chi connectivity index (χ3n) is 3.43. The Bertz CT molecular complexity index is 700. The predicted octanol–water partition coefficient (Wildman–Crippen LogP) is 4.00. The molecule has 2 N–H and O–H groups in total. The fourth-order valence-electron chi connectivity index (χ4n) is 2.07. The summed E-state index contributed by atoms with van der Waals surface area (Å²) < 4.78 is 5.50. The van der Waals surface area contributed by atoms with Gasteiger partial charge in [-0.1, -0.05) is 19.1 Å². The first-order valence-electron chi connectivity index (χ1n) is 8.07. The highest BCUT2D eigenvalue weighted by Gasteiger charge is 2.08. The Morgan fingerprint density at radius 2 is 1.80 bits per heavy atom. The standard InChI is InChI=1S/C19H22N2O2S2/c1-3-12-23-16-8-6-15(7-9-16)18(22)21-19(24)20-13-14-4-10-17(25-2)11-5-14/h4-11H,3,12-13H2,1-2H3,(H2,20,21,22,24). The molecule has 132 valence electrons. The van der Waals surface area contributed by atoms with Crippen molar-refractivity contribution in [3.63, 3.8) is 0 Å². The van der Waals surface area contributed by atoms with Crippen molar-refractivity contribution in [1.82, 2.24) is 10.6 Å². The summed E-state index contributed by atoms with van der Waals surface area (Å²) in [4.78, 5) is 13.4. The molecule has 2 rings (SSSR count). The van der Waals surface area contributed by atoms with Gasteiger partial charge in [0, 0.05) is 17.0 Å². The number of carbonyl (C=O) groups excluding carboxylic acids is 1. The van der Waals surface area contributed by atoms with Crippen LogP contribution in [0.1, 0.15) is 29.3 Å². The molecule has 4 nitrogen and oxygen atoms in total. The number of thioether (sulfide) groups is 1. The number of hydrogen-bond acceptors (Lipinski definition) is 4. The van der Waals surface area contributed by atoms with Crippen LogP contribution in [0.5, 0.6) is 5.75 Å². The summed E-state index contributed by atoms with van der Waals surface area (Å²) in [6.07, 6.45) is 2.99. The predicted molar refractivity (Wildman–Crippen MR) is 107 cm³/mol. The number of hydrogen-bond donors (Lipinski definition) is 2. The first-order chi connectivity index (χ1) is 12.1. The molecule has 0 fully saturated rings. The van der Waals surface area contributed by atoms with Gasteiger partial charge in [0.15, 0.2) is 5.11 Å². The first kappa shape index (κ1) is 19.3. The van der Waals surface area contributed by atoms with Gasteiger partial charge < -0.3 is 10.1 Å². The second-order valence-corrected chi connectivity index (χ2v) is 6.65. The van der Waals surface area contributed by atoms with Crippen LogP contribution in [-0.2, 0) is 6.54 Å². The van der Waals surface area contributed by atoms with Crippen molar-refractivity contribution in [2.24, 2.45) is 0 Å². The van der Waals surface area contributed by atoms with Gasteiger partial charge in [0.2, 0.25) is 0 Å². The van der Waals surface area contributed by atoms with E-state index in [-0.39, 0.29) is 5.91 Å². The lowest BCUT2D eigenvalue weighted by molar-refractivity contribution is 0.0976. The third-order valence-corrected chi connectivity index (χ3v) is 4.42. The van der Waals surface area contributed by atoms with E-state index < -0.39 is 0 Å². The molecule has 0 saturated heterocycles. The molecule has 0 aliphatic heterocycles. The van der Waals surface area contributed by atoms with Crippen LogP contribution in [0.25, 0.3) is 0 Å². The summed E-state index contributed by atoms with van der Waals surface area (Å²) >= 11 is 6.89. The fourth-order valence-corrected chi connectivity index (χ4v) is 2.64. The molecule has 0 saturated carbocycles. The highest BCUT2D eigenvalue weighted by molar-refractivity contribution is 7.98. The molecule has 0 aliphatic rings. The normalized spacial score (nSPS) is 10.2. The number of rotatable bonds is 7. The monoisotopic (exact) mass is 374 g/mol. The van der Waals surface area contributed by atoms with Crippen LogP contribution in [-0.4, -0.2) is 23.9 Å². The van der Waals surface area contributed by atoms with E-state index in [0.29, 0.717) is 23.8 Å².